The molecule has 0 unspecified atom stereocenters. The number of carbonyl (C=O) groups is 1. The van der Waals surface area contributed by atoms with Crippen molar-refractivity contribution >= 4 is 5.91 Å². The topological polar surface area (TPSA) is 57.8 Å². The van der Waals surface area contributed by atoms with Gasteiger partial charge in [0.05, 0.1) is 5.69 Å². The van der Waals surface area contributed by atoms with Crippen LogP contribution in [0.2, 0.25) is 0 Å². The molecule has 2 rings (SSSR count). The lowest BCUT2D eigenvalue weighted by molar-refractivity contribution is 0.0953. The van der Waals surface area contributed by atoms with E-state index in [0.29, 0.717) is 17.9 Å². The number of aromatic nitrogens is 2. The van der Waals surface area contributed by atoms with Gasteiger partial charge < -0.3 is 5.32 Å². The quantitative estimate of drug-likeness (QED) is 0.811. The predicted molar refractivity (Wildman–Crippen MR) is 66.5 cm³/mol. The molecule has 0 aliphatic carbocycles. The number of carbonyl (C=O) groups excluding carboxylic acids is 1. The van der Waals surface area contributed by atoms with Crippen molar-refractivity contribution in [1.82, 2.24) is 15.5 Å². The van der Waals surface area contributed by atoms with Gasteiger partial charge in [-0.05, 0) is 30.3 Å². The molecule has 0 aliphatic heterocycles. The normalized spacial score (nSPS) is 10.1. The highest BCUT2D eigenvalue weighted by Crippen LogP contribution is 2.17. The van der Waals surface area contributed by atoms with E-state index >= 15 is 0 Å². The third-order valence-electron chi connectivity index (χ3n) is 2.37. The van der Waals surface area contributed by atoms with Gasteiger partial charge in [0, 0.05) is 12.1 Å². The van der Waals surface area contributed by atoms with E-state index in [-0.39, 0.29) is 11.7 Å². The summed E-state index contributed by atoms with van der Waals surface area (Å²) < 4.78 is 12.8. The summed E-state index contributed by atoms with van der Waals surface area (Å²) in [4.78, 5) is 11.6. The Morgan fingerprint density at radius 1 is 1.44 bits per heavy atom. The minimum absolute atomic E-state index is 0.254. The summed E-state index contributed by atoms with van der Waals surface area (Å²) in [6.45, 7) is 3.90. The van der Waals surface area contributed by atoms with Crippen molar-refractivity contribution in [3.05, 3.63) is 54.5 Å². The number of hydrogen-bond acceptors (Lipinski definition) is 2. The van der Waals surface area contributed by atoms with Gasteiger partial charge in [0.25, 0.3) is 5.91 Å². The SMILES string of the molecule is C=CCNC(=O)c1cc(-c2ccc(F)cc2)n[nH]1. The van der Waals surface area contributed by atoms with E-state index in [1.807, 2.05) is 0 Å². The second kappa shape index (κ2) is 5.27. The second-order valence-electron chi connectivity index (χ2n) is 3.67. The fourth-order valence-corrected chi connectivity index (χ4v) is 1.47. The van der Waals surface area contributed by atoms with Crippen molar-refractivity contribution < 1.29 is 9.18 Å². The zero-order valence-electron chi connectivity index (χ0n) is 9.61. The molecular weight excluding hydrogens is 233 g/mol. The number of rotatable bonds is 4. The van der Waals surface area contributed by atoms with E-state index < -0.39 is 0 Å². The molecule has 0 atom stereocenters. The van der Waals surface area contributed by atoms with Crippen LogP contribution in [0.15, 0.2) is 43.0 Å². The number of H-pyrrole nitrogens is 1. The zero-order chi connectivity index (χ0) is 13.0. The van der Waals surface area contributed by atoms with Gasteiger partial charge in [0.2, 0.25) is 0 Å². The van der Waals surface area contributed by atoms with Crippen LogP contribution in [-0.4, -0.2) is 22.6 Å². The molecule has 1 aromatic heterocycles. The summed E-state index contributed by atoms with van der Waals surface area (Å²) in [5.41, 5.74) is 1.70. The van der Waals surface area contributed by atoms with Crippen LogP contribution in [0.1, 0.15) is 10.5 Å². The van der Waals surface area contributed by atoms with Crippen LogP contribution in [0.4, 0.5) is 4.39 Å². The summed E-state index contributed by atoms with van der Waals surface area (Å²) in [5.74, 6) is -0.561. The molecule has 0 aliphatic rings. The molecule has 0 radical (unpaired) electrons. The highest BCUT2D eigenvalue weighted by molar-refractivity contribution is 5.93. The first-order valence-corrected chi connectivity index (χ1v) is 5.41. The van der Waals surface area contributed by atoms with Crippen molar-refractivity contribution in [2.24, 2.45) is 0 Å². The number of amides is 1. The molecule has 18 heavy (non-hydrogen) atoms. The van der Waals surface area contributed by atoms with Crippen molar-refractivity contribution in [2.75, 3.05) is 6.54 Å². The summed E-state index contributed by atoms with van der Waals surface area (Å²) >= 11 is 0. The molecule has 5 heteroatoms. The van der Waals surface area contributed by atoms with E-state index in [2.05, 4.69) is 22.1 Å². The van der Waals surface area contributed by atoms with Gasteiger partial charge in [-0.15, -0.1) is 6.58 Å². The van der Waals surface area contributed by atoms with E-state index in [0.717, 1.165) is 5.56 Å². The molecule has 1 heterocycles. The molecule has 92 valence electrons. The molecule has 0 bridgehead atoms. The lowest BCUT2D eigenvalue weighted by Crippen LogP contribution is -2.23. The molecular formula is C13H12FN3O. The Morgan fingerprint density at radius 2 is 2.17 bits per heavy atom. The van der Waals surface area contributed by atoms with Gasteiger partial charge in [-0.25, -0.2) is 4.39 Å². The molecule has 0 fully saturated rings. The average molecular weight is 245 g/mol. The Balaban J connectivity index is 2.17. The number of nitrogens with one attached hydrogen (secondary N) is 2. The van der Waals surface area contributed by atoms with E-state index in [9.17, 15) is 9.18 Å². The first-order chi connectivity index (χ1) is 8.70. The lowest BCUT2D eigenvalue weighted by Gasteiger charge is -1.97. The van der Waals surface area contributed by atoms with Crippen LogP contribution in [-0.2, 0) is 0 Å². The fraction of sp³-hybridized carbons (Fsp3) is 0.0769. The molecule has 0 spiro atoms. The molecule has 2 N–H and O–H groups in total. The number of benzene rings is 1. The smallest absolute Gasteiger partial charge is 0.269 e. The third kappa shape index (κ3) is 2.63. The van der Waals surface area contributed by atoms with Gasteiger partial charge in [-0.1, -0.05) is 6.08 Å². The maximum absolute atomic E-state index is 12.8. The largest absolute Gasteiger partial charge is 0.347 e. The van der Waals surface area contributed by atoms with Crippen LogP contribution in [0.5, 0.6) is 0 Å². The summed E-state index contributed by atoms with van der Waals surface area (Å²) in [6, 6.07) is 7.53. The number of aromatic amines is 1. The van der Waals surface area contributed by atoms with Gasteiger partial charge in [-0.3, -0.25) is 9.89 Å². The van der Waals surface area contributed by atoms with Crippen molar-refractivity contribution in [3.63, 3.8) is 0 Å². The predicted octanol–water partition coefficient (Wildman–Crippen LogP) is 2.13. The maximum Gasteiger partial charge on any atom is 0.269 e. The highest BCUT2D eigenvalue weighted by Gasteiger charge is 2.09. The Bertz CT molecular complexity index is 560. The summed E-state index contributed by atoms with van der Waals surface area (Å²) in [7, 11) is 0. The Hall–Kier alpha value is -2.43. The van der Waals surface area contributed by atoms with Crippen LogP contribution in [0.25, 0.3) is 11.3 Å². The van der Waals surface area contributed by atoms with Gasteiger partial charge in [-0.2, -0.15) is 5.10 Å². The molecule has 4 nitrogen and oxygen atoms in total. The Labute approximate surface area is 104 Å². The van der Waals surface area contributed by atoms with Crippen LogP contribution in [0.3, 0.4) is 0 Å². The van der Waals surface area contributed by atoms with Crippen molar-refractivity contribution in [3.8, 4) is 11.3 Å². The molecule has 2 aromatic rings. The average Bonchev–Trinajstić information content (AvgIpc) is 2.86. The molecule has 0 saturated carbocycles. The summed E-state index contributed by atoms with van der Waals surface area (Å²) in [6.07, 6.45) is 1.59. The first-order valence-electron chi connectivity index (χ1n) is 5.41. The van der Waals surface area contributed by atoms with Crippen molar-refractivity contribution in [1.29, 1.82) is 0 Å². The van der Waals surface area contributed by atoms with Crippen LogP contribution < -0.4 is 5.32 Å². The Kier molecular flexibility index (Phi) is 3.52. The van der Waals surface area contributed by atoms with E-state index in [1.165, 1.54) is 12.1 Å². The standard InChI is InChI=1S/C13H12FN3O/c1-2-7-15-13(18)12-8-11(16-17-12)9-3-5-10(14)6-4-9/h2-6,8H,1,7H2,(H,15,18)(H,16,17). The first kappa shape index (κ1) is 12.0. The second-order valence-corrected chi connectivity index (χ2v) is 3.67. The minimum Gasteiger partial charge on any atom is -0.347 e. The number of halogens is 1. The third-order valence-corrected chi connectivity index (χ3v) is 2.37. The van der Waals surface area contributed by atoms with Crippen molar-refractivity contribution in [2.45, 2.75) is 0 Å². The zero-order valence-corrected chi connectivity index (χ0v) is 9.61. The molecule has 1 aromatic carbocycles. The number of hydrogen-bond donors (Lipinski definition) is 2. The monoisotopic (exact) mass is 245 g/mol. The van der Waals surface area contributed by atoms with Gasteiger partial charge in [0.15, 0.2) is 0 Å². The number of nitrogens with zero attached hydrogens (tertiary/aromatic N) is 1. The summed E-state index contributed by atoms with van der Waals surface area (Å²) in [5, 5.41) is 9.28. The minimum atomic E-state index is -0.307. The van der Waals surface area contributed by atoms with Gasteiger partial charge >= 0.3 is 0 Å². The Morgan fingerprint density at radius 3 is 2.83 bits per heavy atom. The van der Waals surface area contributed by atoms with Crippen LogP contribution in [0, 0.1) is 5.82 Å². The molecule has 0 saturated heterocycles. The van der Waals surface area contributed by atoms with Gasteiger partial charge in [0.1, 0.15) is 11.5 Å². The fourth-order valence-electron chi connectivity index (χ4n) is 1.47. The van der Waals surface area contributed by atoms with E-state index in [1.54, 1.807) is 24.3 Å². The molecule has 1 amide bonds. The van der Waals surface area contributed by atoms with Crippen LogP contribution >= 0.6 is 0 Å². The lowest BCUT2D eigenvalue weighted by atomic mass is 10.1. The highest BCUT2D eigenvalue weighted by atomic mass is 19.1. The maximum atomic E-state index is 12.8. The van der Waals surface area contributed by atoms with E-state index in [4.69, 9.17) is 0 Å².